The maximum atomic E-state index is 12.3. The van der Waals surface area contributed by atoms with E-state index in [1.54, 1.807) is 43.0 Å². The van der Waals surface area contributed by atoms with Gasteiger partial charge in [-0.1, -0.05) is 0 Å². The number of hydrogen-bond acceptors (Lipinski definition) is 4. The van der Waals surface area contributed by atoms with E-state index < -0.39 is 5.60 Å². The average Bonchev–Trinajstić information content (AvgIpc) is 2.95. The van der Waals surface area contributed by atoms with Gasteiger partial charge in [0.25, 0.3) is 0 Å². The quantitative estimate of drug-likeness (QED) is 0.884. The number of carbonyl (C=O) groups excluding carboxylic acids is 1. The van der Waals surface area contributed by atoms with Crippen molar-refractivity contribution < 1.29 is 9.90 Å². The zero-order chi connectivity index (χ0) is 15.5. The molecule has 2 rings (SSSR count). The van der Waals surface area contributed by atoms with Crippen molar-refractivity contribution in [3.63, 3.8) is 0 Å². The molecule has 5 nitrogen and oxygen atoms in total. The number of anilines is 1. The van der Waals surface area contributed by atoms with E-state index in [0.29, 0.717) is 12.1 Å². The molecule has 0 saturated carbocycles. The second kappa shape index (κ2) is 6.15. The lowest BCUT2D eigenvalue weighted by atomic mass is 9.96. The highest BCUT2D eigenvalue weighted by atomic mass is 16.3. The third-order valence-corrected chi connectivity index (χ3v) is 3.85. The molecule has 1 atom stereocenters. The largest absolute Gasteiger partial charge is 0.388 e. The number of aliphatic hydroxyl groups is 1. The van der Waals surface area contributed by atoms with Crippen molar-refractivity contribution in [3.8, 4) is 6.07 Å². The fourth-order valence-corrected chi connectivity index (χ4v) is 2.74. The first-order chi connectivity index (χ1) is 9.91. The summed E-state index contributed by atoms with van der Waals surface area (Å²) < 4.78 is 0. The summed E-state index contributed by atoms with van der Waals surface area (Å²) in [4.78, 5) is 14.1. The molecule has 1 aliphatic heterocycles. The van der Waals surface area contributed by atoms with Gasteiger partial charge in [0, 0.05) is 12.2 Å². The molecule has 0 bridgehead atoms. The van der Waals surface area contributed by atoms with Gasteiger partial charge in [-0.15, -0.1) is 0 Å². The topological polar surface area (TPSA) is 76.4 Å². The van der Waals surface area contributed by atoms with Crippen LogP contribution in [0.1, 0.15) is 32.3 Å². The number of benzene rings is 1. The summed E-state index contributed by atoms with van der Waals surface area (Å²) in [5.74, 6) is -0.0102. The van der Waals surface area contributed by atoms with Crippen LogP contribution in [-0.2, 0) is 4.79 Å². The van der Waals surface area contributed by atoms with Gasteiger partial charge in [-0.3, -0.25) is 4.79 Å². The van der Waals surface area contributed by atoms with E-state index in [4.69, 9.17) is 5.26 Å². The summed E-state index contributed by atoms with van der Waals surface area (Å²) in [6.07, 6.45) is 1.77. The van der Waals surface area contributed by atoms with Gasteiger partial charge in [-0.2, -0.15) is 5.26 Å². The first-order valence-corrected chi connectivity index (χ1v) is 7.17. The number of carbonyl (C=O) groups is 1. The Morgan fingerprint density at radius 2 is 2.14 bits per heavy atom. The third kappa shape index (κ3) is 3.73. The molecule has 5 heteroatoms. The molecule has 1 aromatic carbocycles. The molecule has 1 unspecified atom stereocenters. The van der Waals surface area contributed by atoms with E-state index in [1.807, 2.05) is 0 Å². The van der Waals surface area contributed by atoms with Crippen LogP contribution in [0.15, 0.2) is 24.3 Å². The van der Waals surface area contributed by atoms with Crippen molar-refractivity contribution >= 4 is 11.6 Å². The van der Waals surface area contributed by atoms with Crippen LogP contribution in [0.2, 0.25) is 0 Å². The van der Waals surface area contributed by atoms with Crippen LogP contribution in [-0.4, -0.2) is 40.6 Å². The Balaban J connectivity index is 1.93. The number of hydrogen-bond donors (Lipinski definition) is 2. The zero-order valence-corrected chi connectivity index (χ0v) is 12.5. The molecule has 2 N–H and O–H groups in total. The van der Waals surface area contributed by atoms with Gasteiger partial charge in [0.05, 0.1) is 29.8 Å². The number of nitriles is 1. The number of rotatable bonds is 4. The van der Waals surface area contributed by atoms with Gasteiger partial charge in [-0.05, 0) is 51.0 Å². The fourth-order valence-electron chi connectivity index (χ4n) is 2.74. The molecule has 1 heterocycles. The fraction of sp³-hybridized carbons (Fsp3) is 0.500. The molecular formula is C16H21N3O2. The average molecular weight is 287 g/mol. The maximum absolute atomic E-state index is 12.3. The van der Waals surface area contributed by atoms with Crippen molar-refractivity contribution in [3.05, 3.63) is 29.8 Å². The Morgan fingerprint density at radius 1 is 1.48 bits per heavy atom. The van der Waals surface area contributed by atoms with E-state index >= 15 is 0 Å². The predicted octanol–water partition coefficient (Wildman–Crippen LogP) is 1.73. The summed E-state index contributed by atoms with van der Waals surface area (Å²) >= 11 is 0. The molecule has 112 valence electrons. The lowest BCUT2D eigenvalue weighted by Gasteiger charge is -2.34. The Morgan fingerprint density at radius 3 is 2.71 bits per heavy atom. The minimum Gasteiger partial charge on any atom is -0.388 e. The van der Waals surface area contributed by atoms with Crippen molar-refractivity contribution in [1.29, 1.82) is 5.26 Å². The maximum Gasteiger partial charge on any atom is 0.242 e. The van der Waals surface area contributed by atoms with E-state index in [0.717, 1.165) is 18.5 Å². The van der Waals surface area contributed by atoms with Crippen LogP contribution < -0.4 is 5.32 Å². The van der Waals surface area contributed by atoms with Crippen LogP contribution in [0.3, 0.4) is 0 Å². The minimum atomic E-state index is -0.874. The predicted molar refractivity (Wildman–Crippen MR) is 80.7 cm³/mol. The lowest BCUT2D eigenvalue weighted by molar-refractivity contribution is -0.134. The van der Waals surface area contributed by atoms with Crippen LogP contribution >= 0.6 is 0 Å². The van der Waals surface area contributed by atoms with Gasteiger partial charge < -0.3 is 15.3 Å². The Labute approximate surface area is 125 Å². The van der Waals surface area contributed by atoms with Crippen LogP contribution in [0.5, 0.6) is 0 Å². The number of nitrogens with one attached hydrogen (secondary N) is 1. The highest BCUT2D eigenvalue weighted by molar-refractivity contribution is 5.81. The van der Waals surface area contributed by atoms with Crippen LogP contribution in [0.4, 0.5) is 5.69 Å². The standard InChI is InChI=1S/C16H21N3O2/c1-16(2,21)14-4-3-9-19(14)15(20)11-18-13-7-5-12(10-17)6-8-13/h5-8,14,18,21H,3-4,9,11H2,1-2H3. The summed E-state index contributed by atoms with van der Waals surface area (Å²) in [6.45, 7) is 4.38. The Kier molecular flexibility index (Phi) is 4.49. The zero-order valence-electron chi connectivity index (χ0n) is 12.5. The number of amides is 1. The SMILES string of the molecule is CC(C)(O)C1CCCN1C(=O)CNc1ccc(C#N)cc1. The summed E-state index contributed by atoms with van der Waals surface area (Å²) in [5, 5.41) is 21.9. The second-order valence-electron chi connectivity index (χ2n) is 5.94. The van der Waals surface area contributed by atoms with Crippen molar-refractivity contribution in [1.82, 2.24) is 4.90 Å². The molecule has 0 spiro atoms. The van der Waals surface area contributed by atoms with E-state index in [1.165, 1.54) is 0 Å². The lowest BCUT2D eigenvalue weighted by Crippen LogP contribution is -2.49. The van der Waals surface area contributed by atoms with Crippen LogP contribution in [0, 0.1) is 11.3 Å². The first-order valence-electron chi connectivity index (χ1n) is 7.17. The summed E-state index contributed by atoms with van der Waals surface area (Å²) in [6, 6.07) is 8.92. The summed E-state index contributed by atoms with van der Waals surface area (Å²) in [5.41, 5.74) is 0.524. The third-order valence-electron chi connectivity index (χ3n) is 3.85. The van der Waals surface area contributed by atoms with E-state index in [-0.39, 0.29) is 18.5 Å². The van der Waals surface area contributed by atoms with Gasteiger partial charge >= 0.3 is 0 Å². The smallest absolute Gasteiger partial charge is 0.242 e. The molecule has 0 aromatic heterocycles. The Hall–Kier alpha value is -2.06. The molecule has 0 radical (unpaired) electrons. The first kappa shape index (κ1) is 15.3. The molecule has 1 aliphatic rings. The number of nitrogens with zero attached hydrogens (tertiary/aromatic N) is 2. The molecule has 1 aromatic rings. The summed E-state index contributed by atoms with van der Waals surface area (Å²) in [7, 11) is 0. The number of likely N-dealkylation sites (tertiary alicyclic amines) is 1. The van der Waals surface area contributed by atoms with Gasteiger partial charge in [0.2, 0.25) is 5.91 Å². The van der Waals surface area contributed by atoms with Gasteiger partial charge in [0.1, 0.15) is 0 Å². The molecule has 1 amide bonds. The molecule has 1 fully saturated rings. The normalized spacial score (nSPS) is 18.4. The van der Waals surface area contributed by atoms with Gasteiger partial charge in [-0.25, -0.2) is 0 Å². The monoisotopic (exact) mass is 287 g/mol. The second-order valence-corrected chi connectivity index (χ2v) is 5.94. The van der Waals surface area contributed by atoms with Crippen molar-refractivity contribution in [2.45, 2.75) is 38.3 Å². The van der Waals surface area contributed by atoms with Crippen molar-refractivity contribution in [2.24, 2.45) is 0 Å². The van der Waals surface area contributed by atoms with E-state index in [9.17, 15) is 9.90 Å². The van der Waals surface area contributed by atoms with E-state index in [2.05, 4.69) is 11.4 Å². The molecule has 0 aliphatic carbocycles. The highest BCUT2D eigenvalue weighted by Crippen LogP contribution is 2.26. The Bertz CT molecular complexity index is 540. The molecular weight excluding hydrogens is 266 g/mol. The van der Waals surface area contributed by atoms with Crippen LogP contribution in [0.25, 0.3) is 0 Å². The van der Waals surface area contributed by atoms with Gasteiger partial charge in [0.15, 0.2) is 0 Å². The van der Waals surface area contributed by atoms with Crippen molar-refractivity contribution in [2.75, 3.05) is 18.4 Å². The highest BCUT2D eigenvalue weighted by Gasteiger charge is 2.38. The minimum absolute atomic E-state index is 0.0102. The molecule has 21 heavy (non-hydrogen) atoms. The molecule has 1 saturated heterocycles.